The van der Waals surface area contributed by atoms with E-state index >= 15 is 0 Å². The maximum Gasteiger partial charge on any atom is 0.0979 e. The number of benzene rings is 1. The summed E-state index contributed by atoms with van der Waals surface area (Å²) in [4.78, 5) is 11.5. The fraction of sp³-hybridized carbons (Fsp3) is 0.429. The van der Waals surface area contributed by atoms with Crippen molar-refractivity contribution < 1.29 is 0 Å². The van der Waals surface area contributed by atoms with Crippen LogP contribution in [-0.2, 0) is 13.1 Å². The number of hydrogen-bond acceptors (Lipinski definition) is 3. The molecule has 0 saturated heterocycles. The molecule has 2 aromatic heterocycles. The lowest BCUT2D eigenvalue weighted by molar-refractivity contribution is 0.282. The van der Waals surface area contributed by atoms with Gasteiger partial charge >= 0.3 is 0 Å². The van der Waals surface area contributed by atoms with Crippen molar-refractivity contribution in [2.24, 2.45) is 5.92 Å². The first kappa shape index (κ1) is 18.4. The second kappa shape index (κ2) is 8.32. The molecule has 0 saturated carbocycles. The molecule has 3 rings (SSSR count). The van der Waals surface area contributed by atoms with Gasteiger partial charge in [-0.25, -0.2) is 9.97 Å². The zero-order valence-electron chi connectivity index (χ0n) is 16.3. The van der Waals surface area contributed by atoms with E-state index in [0.29, 0.717) is 5.92 Å². The van der Waals surface area contributed by atoms with Gasteiger partial charge < -0.3 is 14.0 Å². The molecule has 1 aromatic carbocycles. The van der Waals surface area contributed by atoms with Crippen LogP contribution in [0.25, 0.3) is 22.6 Å². The third kappa shape index (κ3) is 3.88. The predicted octanol–water partition coefficient (Wildman–Crippen LogP) is 4.02. The lowest BCUT2D eigenvalue weighted by atomic mass is 10.1. The minimum atomic E-state index is 0.537. The third-order valence-corrected chi connectivity index (χ3v) is 4.85. The SMILES string of the molecule is CCN(C)C[C@@H](C)Cn1cnc(-c2ccccc2)c1-c1cncn1CC. The first-order valence-corrected chi connectivity index (χ1v) is 9.43. The molecule has 0 bridgehead atoms. The van der Waals surface area contributed by atoms with Gasteiger partial charge in [-0.2, -0.15) is 0 Å². The van der Waals surface area contributed by atoms with Crippen LogP contribution < -0.4 is 0 Å². The normalized spacial score (nSPS) is 12.7. The summed E-state index contributed by atoms with van der Waals surface area (Å²) in [6.07, 6.45) is 5.83. The Morgan fingerprint density at radius 1 is 1.08 bits per heavy atom. The Bertz CT molecular complexity index is 818. The average molecular weight is 351 g/mol. The van der Waals surface area contributed by atoms with Gasteiger partial charge in [0.1, 0.15) is 0 Å². The summed E-state index contributed by atoms with van der Waals surface area (Å²) >= 11 is 0. The molecule has 5 heteroatoms. The monoisotopic (exact) mass is 351 g/mol. The molecular formula is C21H29N5. The lowest BCUT2D eigenvalue weighted by Gasteiger charge is -2.21. The van der Waals surface area contributed by atoms with Crippen molar-refractivity contribution in [2.75, 3.05) is 20.1 Å². The van der Waals surface area contributed by atoms with Crippen molar-refractivity contribution >= 4 is 0 Å². The highest BCUT2D eigenvalue weighted by molar-refractivity contribution is 5.76. The van der Waals surface area contributed by atoms with Crippen LogP contribution in [0.2, 0.25) is 0 Å². The molecule has 1 atom stereocenters. The zero-order chi connectivity index (χ0) is 18.5. The maximum atomic E-state index is 4.78. The van der Waals surface area contributed by atoms with E-state index in [1.807, 2.05) is 24.9 Å². The number of nitrogens with zero attached hydrogens (tertiary/aromatic N) is 5. The molecule has 0 fully saturated rings. The molecule has 0 amide bonds. The third-order valence-electron chi connectivity index (χ3n) is 4.85. The largest absolute Gasteiger partial charge is 0.330 e. The van der Waals surface area contributed by atoms with E-state index in [2.05, 4.69) is 71.1 Å². The Kier molecular flexibility index (Phi) is 5.89. The van der Waals surface area contributed by atoms with Crippen LogP contribution in [0.3, 0.4) is 0 Å². The smallest absolute Gasteiger partial charge is 0.0979 e. The highest BCUT2D eigenvalue weighted by Gasteiger charge is 2.19. The van der Waals surface area contributed by atoms with Crippen LogP contribution in [-0.4, -0.2) is 44.1 Å². The van der Waals surface area contributed by atoms with Gasteiger partial charge in [0.25, 0.3) is 0 Å². The number of rotatable bonds is 8. The van der Waals surface area contributed by atoms with Crippen LogP contribution in [0, 0.1) is 5.92 Å². The molecule has 0 unspecified atom stereocenters. The van der Waals surface area contributed by atoms with Crippen molar-refractivity contribution in [2.45, 2.75) is 33.9 Å². The van der Waals surface area contributed by atoms with E-state index in [9.17, 15) is 0 Å². The fourth-order valence-corrected chi connectivity index (χ4v) is 3.42. The molecule has 0 aliphatic rings. The van der Waals surface area contributed by atoms with E-state index < -0.39 is 0 Å². The Labute approximate surface area is 156 Å². The molecule has 0 N–H and O–H groups in total. The summed E-state index contributed by atoms with van der Waals surface area (Å²) in [5.74, 6) is 0.537. The van der Waals surface area contributed by atoms with Gasteiger partial charge in [0, 0.05) is 25.2 Å². The Morgan fingerprint density at radius 2 is 1.85 bits per heavy atom. The van der Waals surface area contributed by atoms with E-state index in [1.165, 1.54) is 0 Å². The molecule has 5 nitrogen and oxygen atoms in total. The predicted molar refractivity (Wildman–Crippen MR) is 107 cm³/mol. The second-order valence-electron chi connectivity index (χ2n) is 6.99. The van der Waals surface area contributed by atoms with E-state index in [0.717, 1.165) is 48.8 Å². The molecular weight excluding hydrogens is 322 g/mol. The Balaban J connectivity index is 2.01. The summed E-state index contributed by atoms with van der Waals surface area (Å²) in [6.45, 7) is 10.6. The number of aromatic nitrogens is 4. The fourth-order valence-electron chi connectivity index (χ4n) is 3.42. The molecule has 0 spiro atoms. The van der Waals surface area contributed by atoms with Gasteiger partial charge in [0.15, 0.2) is 0 Å². The molecule has 2 heterocycles. The van der Waals surface area contributed by atoms with Crippen molar-refractivity contribution in [3.63, 3.8) is 0 Å². The molecule has 3 aromatic rings. The second-order valence-corrected chi connectivity index (χ2v) is 6.99. The Hall–Kier alpha value is -2.40. The Morgan fingerprint density at radius 3 is 2.54 bits per heavy atom. The minimum absolute atomic E-state index is 0.537. The topological polar surface area (TPSA) is 38.9 Å². The number of imidazole rings is 2. The molecule has 0 radical (unpaired) electrons. The van der Waals surface area contributed by atoms with Gasteiger partial charge in [-0.1, -0.05) is 44.2 Å². The molecule has 0 aliphatic carbocycles. The van der Waals surface area contributed by atoms with Crippen LogP contribution in [0.5, 0.6) is 0 Å². The van der Waals surface area contributed by atoms with E-state index in [-0.39, 0.29) is 0 Å². The first-order valence-electron chi connectivity index (χ1n) is 9.43. The van der Waals surface area contributed by atoms with E-state index in [1.54, 1.807) is 0 Å². The quantitative estimate of drug-likeness (QED) is 0.615. The summed E-state index contributed by atoms with van der Waals surface area (Å²) in [5.41, 5.74) is 4.45. The van der Waals surface area contributed by atoms with Crippen molar-refractivity contribution in [3.05, 3.63) is 49.2 Å². The summed E-state index contributed by atoms with van der Waals surface area (Å²) in [7, 11) is 2.17. The van der Waals surface area contributed by atoms with Crippen LogP contribution >= 0.6 is 0 Å². The van der Waals surface area contributed by atoms with Crippen LogP contribution in [0.15, 0.2) is 49.2 Å². The maximum absolute atomic E-state index is 4.78. The van der Waals surface area contributed by atoms with Gasteiger partial charge in [-0.15, -0.1) is 0 Å². The van der Waals surface area contributed by atoms with E-state index in [4.69, 9.17) is 4.98 Å². The summed E-state index contributed by atoms with van der Waals surface area (Å²) in [5, 5.41) is 0. The van der Waals surface area contributed by atoms with Crippen molar-refractivity contribution in [1.82, 2.24) is 24.0 Å². The number of hydrogen-bond donors (Lipinski definition) is 0. The van der Waals surface area contributed by atoms with Crippen molar-refractivity contribution in [3.8, 4) is 22.6 Å². The first-order chi connectivity index (χ1) is 12.6. The highest BCUT2D eigenvalue weighted by atomic mass is 15.1. The highest BCUT2D eigenvalue weighted by Crippen LogP contribution is 2.31. The number of aryl methyl sites for hydroxylation is 1. The molecule has 26 heavy (non-hydrogen) atoms. The average Bonchev–Trinajstić information content (AvgIpc) is 3.28. The van der Waals surface area contributed by atoms with Gasteiger partial charge in [-0.3, -0.25) is 0 Å². The van der Waals surface area contributed by atoms with Crippen LogP contribution in [0.4, 0.5) is 0 Å². The molecule has 138 valence electrons. The minimum Gasteiger partial charge on any atom is -0.330 e. The van der Waals surface area contributed by atoms with Crippen molar-refractivity contribution in [1.29, 1.82) is 0 Å². The van der Waals surface area contributed by atoms with Gasteiger partial charge in [0.2, 0.25) is 0 Å². The standard InChI is InChI=1S/C21H29N5/c1-5-24(4)13-17(3)14-26-16-23-20(18-10-8-7-9-11-18)21(26)19-12-22-15-25(19)6-2/h7-12,15-17H,5-6,13-14H2,1-4H3/t17-/m1/s1. The lowest BCUT2D eigenvalue weighted by Crippen LogP contribution is -2.26. The van der Waals surface area contributed by atoms with Gasteiger partial charge in [-0.05, 0) is 26.4 Å². The molecule has 0 aliphatic heterocycles. The van der Waals surface area contributed by atoms with Crippen LogP contribution in [0.1, 0.15) is 20.8 Å². The summed E-state index contributed by atoms with van der Waals surface area (Å²) < 4.78 is 4.47. The summed E-state index contributed by atoms with van der Waals surface area (Å²) in [6, 6.07) is 10.4. The van der Waals surface area contributed by atoms with Gasteiger partial charge in [0.05, 0.1) is 35.9 Å². The zero-order valence-corrected chi connectivity index (χ0v) is 16.3.